The second-order valence-corrected chi connectivity index (χ2v) is 5.46. The molecule has 2 aliphatic rings. The molecule has 0 amide bonds. The lowest BCUT2D eigenvalue weighted by molar-refractivity contribution is -0.120. The second kappa shape index (κ2) is 5.28. The quantitative estimate of drug-likeness (QED) is 0.687. The minimum absolute atomic E-state index is 0.0463. The fraction of sp³-hybridized carbons (Fsp3) is 0.923. The summed E-state index contributed by atoms with van der Waals surface area (Å²) in [6.45, 7) is 5.84. The summed E-state index contributed by atoms with van der Waals surface area (Å²) in [7, 11) is 0. The molecule has 0 radical (unpaired) electrons. The molecule has 0 aromatic carbocycles. The highest BCUT2D eigenvalue weighted by atomic mass is 16.5. The number of hydrogen-bond acceptors (Lipinski definition) is 3. The van der Waals surface area contributed by atoms with Crippen LogP contribution in [0.5, 0.6) is 0 Å². The molecule has 1 aliphatic heterocycles. The zero-order valence-electron chi connectivity index (χ0n) is 10.3. The summed E-state index contributed by atoms with van der Waals surface area (Å²) in [4.78, 5) is 13.8. The molecule has 1 saturated carbocycles. The standard InChI is InChI=1S/C13H23NO2/c1-12-9-14(7-8-16-12)10-13(11-15)5-3-2-4-6-13/h11-12H,2-10H2,1H3. The van der Waals surface area contributed by atoms with Crippen LogP contribution >= 0.6 is 0 Å². The van der Waals surface area contributed by atoms with E-state index in [1.54, 1.807) is 0 Å². The Hall–Kier alpha value is -0.410. The van der Waals surface area contributed by atoms with Crippen LogP contribution in [0.3, 0.4) is 0 Å². The molecule has 0 aromatic rings. The first-order valence-corrected chi connectivity index (χ1v) is 6.54. The van der Waals surface area contributed by atoms with Crippen LogP contribution in [-0.2, 0) is 9.53 Å². The topological polar surface area (TPSA) is 29.5 Å². The average molecular weight is 225 g/mol. The second-order valence-electron chi connectivity index (χ2n) is 5.46. The van der Waals surface area contributed by atoms with Crippen molar-refractivity contribution in [3.63, 3.8) is 0 Å². The third kappa shape index (κ3) is 2.83. The Morgan fingerprint density at radius 1 is 1.38 bits per heavy atom. The fourth-order valence-corrected chi connectivity index (χ4v) is 3.05. The van der Waals surface area contributed by atoms with Gasteiger partial charge in [-0.15, -0.1) is 0 Å². The van der Waals surface area contributed by atoms with E-state index in [1.165, 1.54) is 25.5 Å². The maximum atomic E-state index is 11.4. The molecule has 0 aromatic heterocycles. The number of rotatable bonds is 3. The van der Waals surface area contributed by atoms with Crippen molar-refractivity contribution in [2.45, 2.75) is 45.1 Å². The summed E-state index contributed by atoms with van der Waals surface area (Å²) in [6, 6.07) is 0. The van der Waals surface area contributed by atoms with Gasteiger partial charge >= 0.3 is 0 Å². The molecule has 1 atom stereocenters. The van der Waals surface area contributed by atoms with E-state index in [0.717, 1.165) is 39.1 Å². The van der Waals surface area contributed by atoms with Crippen molar-refractivity contribution >= 4 is 6.29 Å². The van der Waals surface area contributed by atoms with Crippen LogP contribution in [-0.4, -0.2) is 43.5 Å². The molecule has 2 rings (SSSR count). The SMILES string of the molecule is CC1CN(CC2(C=O)CCCCC2)CCO1. The van der Waals surface area contributed by atoms with Gasteiger partial charge in [0.25, 0.3) is 0 Å². The fourth-order valence-electron chi connectivity index (χ4n) is 3.05. The summed E-state index contributed by atoms with van der Waals surface area (Å²) >= 11 is 0. The summed E-state index contributed by atoms with van der Waals surface area (Å²) in [5.74, 6) is 0. The van der Waals surface area contributed by atoms with Crippen molar-refractivity contribution in [2.24, 2.45) is 5.41 Å². The molecule has 3 heteroatoms. The maximum absolute atomic E-state index is 11.4. The van der Waals surface area contributed by atoms with Gasteiger partial charge in [-0.2, -0.15) is 0 Å². The molecule has 1 unspecified atom stereocenters. The number of morpholine rings is 1. The molecular formula is C13H23NO2. The Balaban J connectivity index is 1.92. The molecule has 16 heavy (non-hydrogen) atoms. The molecule has 0 N–H and O–H groups in total. The smallest absolute Gasteiger partial charge is 0.127 e. The van der Waals surface area contributed by atoms with Gasteiger partial charge in [0, 0.05) is 25.0 Å². The third-order valence-corrected chi connectivity index (χ3v) is 3.96. The number of nitrogens with zero attached hydrogens (tertiary/aromatic N) is 1. The minimum Gasteiger partial charge on any atom is -0.376 e. The minimum atomic E-state index is -0.0463. The Morgan fingerprint density at radius 3 is 2.75 bits per heavy atom. The lowest BCUT2D eigenvalue weighted by Crippen LogP contribution is -2.47. The molecule has 92 valence electrons. The van der Waals surface area contributed by atoms with E-state index in [1.807, 2.05) is 0 Å². The predicted octanol–water partition coefficient (Wildman–Crippen LogP) is 1.86. The van der Waals surface area contributed by atoms with Crippen LogP contribution in [0.4, 0.5) is 0 Å². The van der Waals surface area contributed by atoms with Crippen molar-refractivity contribution in [3.8, 4) is 0 Å². The van der Waals surface area contributed by atoms with Crippen LogP contribution in [0.2, 0.25) is 0 Å². The van der Waals surface area contributed by atoms with Crippen LogP contribution in [0.25, 0.3) is 0 Å². The Kier molecular flexibility index (Phi) is 3.98. The summed E-state index contributed by atoms with van der Waals surface area (Å²) in [5.41, 5.74) is -0.0463. The van der Waals surface area contributed by atoms with Gasteiger partial charge in [-0.25, -0.2) is 0 Å². The van der Waals surface area contributed by atoms with E-state index in [0.29, 0.717) is 6.10 Å². The van der Waals surface area contributed by atoms with E-state index in [9.17, 15) is 4.79 Å². The Morgan fingerprint density at radius 2 is 2.12 bits per heavy atom. The van der Waals surface area contributed by atoms with E-state index in [2.05, 4.69) is 11.8 Å². The number of hydrogen-bond donors (Lipinski definition) is 0. The highest BCUT2D eigenvalue weighted by Crippen LogP contribution is 2.35. The molecule has 1 aliphatic carbocycles. The normalized spacial score (nSPS) is 31.2. The molecule has 2 fully saturated rings. The zero-order chi connectivity index (χ0) is 11.4. The highest BCUT2D eigenvalue weighted by molar-refractivity contribution is 5.60. The van der Waals surface area contributed by atoms with Gasteiger partial charge in [0.1, 0.15) is 6.29 Å². The van der Waals surface area contributed by atoms with E-state index < -0.39 is 0 Å². The van der Waals surface area contributed by atoms with Crippen LogP contribution in [0.1, 0.15) is 39.0 Å². The van der Waals surface area contributed by atoms with Crippen LogP contribution in [0.15, 0.2) is 0 Å². The van der Waals surface area contributed by atoms with Crippen molar-refractivity contribution in [1.82, 2.24) is 4.90 Å². The monoisotopic (exact) mass is 225 g/mol. The first-order chi connectivity index (χ1) is 7.74. The van der Waals surface area contributed by atoms with Crippen molar-refractivity contribution in [1.29, 1.82) is 0 Å². The predicted molar refractivity (Wildman–Crippen MR) is 63.4 cm³/mol. The highest BCUT2D eigenvalue weighted by Gasteiger charge is 2.34. The summed E-state index contributed by atoms with van der Waals surface area (Å²) in [6.07, 6.45) is 7.46. The lowest BCUT2D eigenvalue weighted by atomic mass is 9.75. The van der Waals surface area contributed by atoms with Gasteiger partial charge < -0.3 is 9.53 Å². The Labute approximate surface area is 98.1 Å². The van der Waals surface area contributed by atoms with E-state index in [-0.39, 0.29) is 5.41 Å². The van der Waals surface area contributed by atoms with Crippen LogP contribution < -0.4 is 0 Å². The summed E-state index contributed by atoms with van der Waals surface area (Å²) < 4.78 is 5.53. The van der Waals surface area contributed by atoms with Gasteiger partial charge in [0.15, 0.2) is 0 Å². The maximum Gasteiger partial charge on any atom is 0.127 e. The van der Waals surface area contributed by atoms with Crippen molar-refractivity contribution < 1.29 is 9.53 Å². The van der Waals surface area contributed by atoms with Gasteiger partial charge in [0.2, 0.25) is 0 Å². The van der Waals surface area contributed by atoms with Gasteiger partial charge in [-0.3, -0.25) is 4.90 Å². The number of carbonyl (C=O) groups excluding carboxylic acids is 1. The number of carbonyl (C=O) groups is 1. The largest absolute Gasteiger partial charge is 0.376 e. The molecule has 3 nitrogen and oxygen atoms in total. The summed E-state index contributed by atoms with van der Waals surface area (Å²) in [5, 5.41) is 0. The molecule has 1 saturated heterocycles. The van der Waals surface area contributed by atoms with Crippen LogP contribution in [0, 0.1) is 5.41 Å². The van der Waals surface area contributed by atoms with Gasteiger partial charge in [0.05, 0.1) is 12.7 Å². The molecular weight excluding hydrogens is 202 g/mol. The number of ether oxygens (including phenoxy) is 1. The molecule has 0 bridgehead atoms. The first-order valence-electron chi connectivity index (χ1n) is 6.54. The van der Waals surface area contributed by atoms with Crippen molar-refractivity contribution in [2.75, 3.05) is 26.2 Å². The zero-order valence-corrected chi connectivity index (χ0v) is 10.3. The van der Waals surface area contributed by atoms with Crippen molar-refractivity contribution in [3.05, 3.63) is 0 Å². The Bertz CT molecular complexity index is 236. The van der Waals surface area contributed by atoms with Gasteiger partial charge in [-0.05, 0) is 19.8 Å². The van der Waals surface area contributed by atoms with E-state index in [4.69, 9.17) is 4.74 Å². The third-order valence-electron chi connectivity index (χ3n) is 3.96. The lowest BCUT2D eigenvalue weighted by Gasteiger charge is -2.39. The first kappa shape index (κ1) is 12.1. The molecule has 1 heterocycles. The number of aldehydes is 1. The van der Waals surface area contributed by atoms with Gasteiger partial charge in [-0.1, -0.05) is 19.3 Å². The van der Waals surface area contributed by atoms with E-state index >= 15 is 0 Å². The molecule has 0 spiro atoms. The average Bonchev–Trinajstić information content (AvgIpc) is 2.30.